The molecule has 2 N–H and O–H groups in total. The first-order chi connectivity index (χ1) is 12.8. The summed E-state index contributed by atoms with van der Waals surface area (Å²) >= 11 is 0. The molecule has 27 heavy (non-hydrogen) atoms. The molecule has 0 heterocycles. The van der Waals surface area contributed by atoms with Gasteiger partial charge in [0, 0.05) is 11.3 Å². The summed E-state index contributed by atoms with van der Waals surface area (Å²) in [6, 6.07) is 15.2. The Morgan fingerprint density at radius 3 is 2.63 bits per heavy atom. The summed E-state index contributed by atoms with van der Waals surface area (Å²) in [4.78, 5) is 24.7. The van der Waals surface area contributed by atoms with Gasteiger partial charge in [-0.15, -0.1) is 0 Å². The van der Waals surface area contributed by atoms with Crippen molar-refractivity contribution in [2.24, 2.45) is 0 Å². The van der Waals surface area contributed by atoms with Crippen molar-refractivity contribution in [1.82, 2.24) is 5.32 Å². The summed E-state index contributed by atoms with van der Waals surface area (Å²) in [7, 11) is 0. The van der Waals surface area contributed by atoms with Gasteiger partial charge in [0.1, 0.15) is 5.60 Å². The predicted molar refractivity (Wildman–Crippen MR) is 106 cm³/mol. The van der Waals surface area contributed by atoms with Gasteiger partial charge in [-0.2, -0.15) is 0 Å². The van der Waals surface area contributed by atoms with Gasteiger partial charge in [0.2, 0.25) is 0 Å². The summed E-state index contributed by atoms with van der Waals surface area (Å²) in [5.74, 6) is -0.149. The molecule has 1 aliphatic rings. The van der Waals surface area contributed by atoms with Gasteiger partial charge in [0.25, 0.3) is 5.91 Å². The lowest BCUT2D eigenvalue weighted by Gasteiger charge is -2.26. The standard InChI is InChI=1S/C22H26N2O3/c1-22(2,3)27-21(26)23-17-11-6-10-16(14-17)20(25)24-19-13-7-9-15-8-4-5-12-18(15)19/h4-6,8,10-12,14,19H,7,9,13H2,1-3H3,(H,23,26)(H,24,25)/t19-/m1/s1. The van der Waals surface area contributed by atoms with Crippen LogP contribution >= 0.6 is 0 Å². The molecule has 142 valence electrons. The zero-order valence-electron chi connectivity index (χ0n) is 16.0. The van der Waals surface area contributed by atoms with E-state index < -0.39 is 11.7 Å². The topological polar surface area (TPSA) is 67.4 Å². The van der Waals surface area contributed by atoms with Gasteiger partial charge in [-0.1, -0.05) is 30.3 Å². The largest absolute Gasteiger partial charge is 0.444 e. The van der Waals surface area contributed by atoms with E-state index in [1.54, 1.807) is 45.0 Å². The Balaban J connectivity index is 1.69. The second kappa shape index (κ2) is 7.82. The first-order valence-corrected chi connectivity index (χ1v) is 9.30. The van der Waals surface area contributed by atoms with E-state index in [0.29, 0.717) is 11.3 Å². The highest BCUT2D eigenvalue weighted by Gasteiger charge is 2.22. The number of fused-ring (bicyclic) bond motifs is 1. The molecule has 0 radical (unpaired) electrons. The van der Waals surface area contributed by atoms with Crippen molar-refractivity contribution >= 4 is 17.7 Å². The second-order valence-electron chi connectivity index (χ2n) is 7.82. The van der Waals surface area contributed by atoms with Gasteiger partial charge in [-0.05, 0) is 69.4 Å². The molecule has 0 spiro atoms. The lowest BCUT2D eigenvalue weighted by molar-refractivity contribution is 0.0635. The Kier molecular flexibility index (Phi) is 5.49. The fourth-order valence-electron chi connectivity index (χ4n) is 3.31. The van der Waals surface area contributed by atoms with Gasteiger partial charge >= 0.3 is 6.09 Å². The van der Waals surface area contributed by atoms with E-state index in [2.05, 4.69) is 22.8 Å². The summed E-state index contributed by atoms with van der Waals surface area (Å²) in [5.41, 5.74) is 2.95. The highest BCUT2D eigenvalue weighted by atomic mass is 16.6. The molecule has 0 fully saturated rings. The van der Waals surface area contributed by atoms with E-state index in [0.717, 1.165) is 19.3 Å². The van der Waals surface area contributed by atoms with Crippen LogP contribution in [0.15, 0.2) is 48.5 Å². The lowest BCUT2D eigenvalue weighted by atomic mass is 9.87. The third kappa shape index (κ3) is 5.09. The Morgan fingerprint density at radius 2 is 1.85 bits per heavy atom. The quantitative estimate of drug-likeness (QED) is 0.817. The van der Waals surface area contributed by atoms with E-state index in [1.807, 2.05) is 12.1 Å². The molecule has 0 unspecified atom stereocenters. The Bertz CT molecular complexity index is 839. The van der Waals surface area contributed by atoms with Crippen molar-refractivity contribution < 1.29 is 14.3 Å². The molecule has 3 rings (SSSR count). The number of ether oxygens (including phenoxy) is 1. The monoisotopic (exact) mass is 366 g/mol. The van der Waals surface area contributed by atoms with Gasteiger partial charge in [-0.3, -0.25) is 10.1 Å². The number of hydrogen-bond acceptors (Lipinski definition) is 3. The number of carbonyl (C=O) groups is 2. The SMILES string of the molecule is CC(C)(C)OC(=O)Nc1cccc(C(=O)N[C@@H]2CCCc3ccccc32)c1. The van der Waals surface area contributed by atoms with Crippen LogP contribution < -0.4 is 10.6 Å². The van der Waals surface area contributed by atoms with Crippen LogP contribution in [0.2, 0.25) is 0 Å². The lowest BCUT2D eigenvalue weighted by Crippen LogP contribution is -2.31. The molecule has 0 aromatic heterocycles. The van der Waals surface area contributed by atoms with E-state index in [9.17, 15) is 9.59 Å². The van der Waals surface area contributed by atoms with Crippen molar-refractivity contribution in [1.29, 1.82) is 0 Å². The number of hydrogen-bond donors (Lipinski definition) is 2. The van der Waals surface area contributed by atoms with Crippen molar-refractivity contribution in [3.63, 3.8) is 0 Å². The first-order valence-electron chi connectivity index (χ1n) is 9.30. The molecule has 5 heteroatoms. The summed E-state index contributed by atoms with van der Waals surface area (Å²) < 4.78 is 5.25. The maximum Gasteiger partial charge on any atom is 0.412 e. The summed E-state index contributed by atoms with van der Waals surface area (Å²) in [6.45, 7) is 5.41. The molecule has 1 atom stereocenters. The maximum absolute atomic E-state index is 12.7. The zero-order valence-corrected chi connectivity index (χ0v) is 16.0. The number of amides is 2. The average Bonchev–Trinajstić information content (AvgIpc) is 2.60. The summed E-state index contributed by atoms with van der Waals surface area (Å²) in [5, 5.41) is 5.80. The highest BCUT2D eigenvalue weighted by molar-refractivity contribution is 5.96. The molecule has 0 bridgehead atoms. The van der Waals surface area contributed by atoms with E-state index in [-0.39, 0.29) is 11.9 Å². The van der Waals surface area contributed by atoms with Gasteiger partial charge in [0.05, 0.1) is 6.04 Å². The van der Waals surface area contributed by atoms with Crippen LogP contribution in [0.5, 0.6) is 0 Å². The second-order valence-corrected chi connectivity index (χ2v) is 7.82. The fraction of sp³-hybridized carbons (Fsp3) is 0.364. The predicted octanol–water partition coefficient (Wildman–Crippen LogP) is 4.84. The normalized spacial score (nSPS) is 16.2. The molecule has 1 aliphatic carbocycles. The molecular formula is C22H26N2O3. The minimum atomic E-state index is -0.576. The number of benzene rings is 2. The van der Waals surface area contributed by atoms with Crippen LogP contribution in [0.1, 0.15) is 61.1 Å². The van der Waals surface area contributed by atoms with Gasteiger partial charge in [0.15, 0.2) is 0 Å². The van der Waals surface area contributed by atoms with Crippen LogP contribution in [0, 0.1) is 0 Å². The van der Waals surface area contributed by atoms with E-state index >= 15 is 0 Å². The van der Waals surface area contributed by atoms with Crippen LogP contribution in [0.3, 0.4) is 0 Å². The first kappa shape index (κ1) is 19.0. The molecule has 2 aromatic carbocycles. The Morgan fingerprint density at radius 1 is 1.07 bits per heavy atom. The third-order valence-electron chi connectivity index (χ3n) is 4.44. The maximum atomic E-state index is 12.7. The van der Waals surface area contributed by atoms with Crippen molar-refractivity contribution in [2.75, 3.05) is 5.32 Å². The molecule has 0 saturated carbocycles. The molecule has 0 saturated heterocycles. The van der Waals surface area contributed by atoms with Crippen molar-refractivity contribution in [2.45, 2.75) is 51.7 Å². The molecular weight excluding hydrogens is 340 g/mol. The van der Waals surface area contributed by atoms with Gasteiger partial charge < -0.3 is 10.1 Å². The Labute approximate surface area is 160 Å². The average molecular weight is 366 g/mol. The highest BCUT2D eigenvalue weighted by Crippen LogP contribution is 2.29. The van der Waals surface area contributed by atoms with Crippen LogP contribution in [-0.4, -0.2) is 17.6 Å². The number of aryl methyl sites for hydroxylation is 1. The fourth-order valence-corrected chi connectivity index (χ4v) is 3.31. The smallest absolute Gasteiger partial charge is 0.412 e. The minimum absolute atomic E-state index is 0.0184. The van der Waals surface area contributed by atoms with Crippen LogP contribution in [0.25, 0.3) is 0 Å². The number of rotatable bonds is 3. The number of nitrogens with one attached hydrogen (secondary N) is 2. The molecule has 5 nitrogen and oxygen atoms in total. The number of carbonyl (C=O) groups excluding carboxylic acids is 2. The number of anilines is 1. The van der Waals surface area contributed by atoms with E-state index in [4.69, 9.17) is 4.74 Å². The molecule has 2 amide bonds. The van der Waals surface area contributed by atoms with Crippen molar-refractivity contribution in [3.05, 3.63) is 65.2 Å². The van der Waals surface area contributed by atoms with Gasteiger partial charge in [-0.25, -0.2) is 4.79 Å². The summed E-state index contributed by atoms with van der Waals surface area (Å²) in [6.07, 6.45) is 2.50. The third-order valence-corrected chi connectivity index (χ3v) is 4.44. The van der Waals surface area contributed by atoms with Crippen LogP contribution in [0.4, 0.5) is 10.5 Å². The minimum Gasteiger partial charge on any atom is -0.444 e. The Hall–Kier alpha value is -2.82. The van der Waals surface area contributed by atoms with Crippen LogP contribution in [-0.2, 0) is 11.2 Å². The van der Waals surface area contributed by atoms with Crippen molar-refractivity contribution in [3.8, 4) is 0 Å². The zero-order chi connectivity index (χ0) is 19.4. The molecule has 0 aliphatic heterocycles. The molecule has 2 aromatic rings. The van der Waals surface area contributed by atoms with E-state index in [1.165, 1.54) is 11.1 Å².